The summed E-state index contributed by atoms with van der Waals surface area (Å²) in [6, 6.07) is -0.885. The molecule has 1 amide bonds. The third kappa shape index (κ3) is 49.9. The van der Waals surface area contributed by atoms with E-state index in [-0.39, 0.29) is 18.9 Å². The van der Waals surface area contributed by atoms with Gasteiger partial charge in [0.25, 0.3) is 0 Å². The number of nitrogens with one attached hydrogen (secondary N) is 1. The highest BCUT2D eigenvalue weighted by atomic mass is 16.8. The fourth-order valence-corrected chi connectivity index (χ4v) is 16.7. The van der Waals surface area contributed by atoms with Crippen LogP contribution in [-0.4, -0.2) is 193 Å². The minimum absolute atomic E-state index is 0.230. The number of hydrogen-bond donors (Lipinski definition) is 12. The Kier molecular flexibility index (Phi) is 67.3. The predicted octanol–water partition coefficient (Wildman–Crippen LogP) is 18.5. The van der Waals surface area contributed by atoms with Gasteiger partial charge in [0.15, 0.2) is 18.9 Å². The lowest BCUT2D eigenvalue weighted by Gasteiger charge is -2.48. The van der Waals surface area contributed by atoms with E-state index in [1.807, 2.05) is 0 Å². The van der Waals surface area contributed by atoms with Gasteiger partial charge in [-0.3, -0.25) is 4.79 Å². The Morgan fingerprint density at radius 3 is 0.791 bits per heavy atom. The molecule has 0 bridgehead atoms. The largest absolute Gasteiger partial charge is 0.394 e. The van der Waals surface area contributed by atoms with Crippen molar-refractivity contribution in [3.8, 4) is 0 Å². The molecule has 3 aliphatic rings. The van der Waals surface area contributed by atoms with E-state index in [1.54, 1.807) is 0 Å². The summed E-state index contributed by atoms with van der Waals surface area (Å²) in [6.45, 7) is 1.90. The van der Waals surface area contributed by atoms with E-state index in [9.17, 15) is 61.0 Å². The Labute approximate surface area is 672 Å². The molecule has 0 radical (unpaired) electrons. The Morgan fingerprint density at radius 2 is 0.518 bits per heavy atom. The average Bonchev–Trinajstić information content (AvgIpc) is 0.799. The lowest BCUT2D eigenvalue weighted by Crippen LogP contribution is -2.66. The molecule has 0 aromatic rings. The van der Waals surface area contributed by atoms with Crippen LogP contribution in [0.1, 0.15) is 444 Å². The highest BCUT2D eigenvalue weighted by Crippen LogP contribution is 2.34. The van der Waals surface area contributed by atoms with E-state index in [0.29, 0.717) is 12.8 Å². The summed E-state index contributed by atoms with van der Waals surface area (Å²) in [4.78, 5) is 13.6. The fraction of sp³-hybridized carbons (Fsp3) is 0.989. The van der Waals surface area contributed by atoms with E-state index in [1.165, 1.54) is 366 Å². The van der Waals surface area contributed by atoms with Crippen LogP contribution in [-0.2, 0) is 33.2 Å². The third-order valence-electron chi connectivity index (χ3n) is 24.2. The minimum Gasteiger partial charge on any atom is -0.394 e. The quantitative estimate of drug-likeness (QED) is 0.0252. The molecule has 654 valence electrons. The zero-order valence-corrected chi connectivity index (χ0v) is 70.8. The summed E-state index contributed by atoms with van der Waals surface area (Å²) in [7, 11) is 0. The van der Waals surface area contributed by atoms with Crippen LogP contribution in [0, 0.1) is 0 Å². The second kappa shape index (κ2) is 71.9. The zero-order chi connectivity index (χ0) is 79.5. The summed E-state index contributed by atoms with van der Waals surface area (Å²) in [6.07, 6.45) is 60.9. The number of unbranched alkanes of at least 4 members (excludes halogenated alkanes) is 63. The predicted molar refractivity (Wildman–Crippen MR) is 444 cm³/mol. The van der Waals surface area contributed by atoms with Gasteiger partial charge in [-0.05, 0) is 12.8 Å². The molecule has 3 aliphatic heterocycles. The smallest absolute Gasteiger partial charge is 0.220 e. The summed E-state index contributed by atoms with van der Waals surface area (Å²) in [5, 5.41) is 121. The first-order valence-electron chi connectivity index (χ1n) is 47.3. The lowest BCUT2D eigenvalue weighted by molar-refractivity contribution is -0.379. The number of aliphatic hydroxyl groups excluding tert-OH is 11. The van der Waals surface area contributed by atoms with Crippen molar-refractivity contribution in [2.75, 3.05) is 26.4 Å². The molecule has 3 heterocycles. The van der Waals surface area contributed by atoms with E-state index in [2.05, 4.69) is 19.2 Å². The summed E-state index contributed by atoms with van der Waals surface area (Å²) < 4.78 is 34.6. The van der Waals surface area contributed by atoms with Gasteiger partial charge in [-0.2, -0.15) is 0 Å². The molecule has 0 aliphatic carbocycles. The molecular weight excluding hydrogens is 1390 g/mol. The molecule has 0 saturated carbocycles. The SMILES string of the molecule is CCCCCCCCCCCCCCCCCCCCCCCCCCCCCCCCCCCCCCCCC(=O)NC(COC1OC(CO)C(OC2OC(CO)C(OC3OC(CO)C(O)C(O)C3O)C(O)C2O)C(O)C1O)C(O)CCCCCCCCCCCCCCCCCCCCCCCCCCCCC. The summed E-state index contributed by atoms with van der Waals surface area (Å²) in [5.74, 6) is -0.230. The molecule has 0 spiro atoms. The molecule has 3 rings (SSSR count). The van der Waals surface area contributed by atoms with Gasteiger partial charge in [0, 0.05) is 6.42 Å². The minimum atomic E-state index is -1.97. The van der Waals surface area contributed by atoms with Gasteiger partial charge in [0.1, 0.15) is 73.2 Å². The molecule has 0 aromatic heterocycles. The molecule has 17 unspecified atom stereocenters. The lowest BCUT2D eigenvalue weighted by atomic mass is 9.96. The van der Waals surface area contributed by atoms with Crippen molar-refractivity contribution in [2.24, 2.45) is 0 Å². The Hall–Kier alpha value is -1.21. The molecule has 110 heavy (non-hydrogen) atoms. The number of carbonyl (C=O) groups is 1. The first-order valence-corrected chi connectivity index (χ1v) is 47.3. The van der Waals surface area contributed by atoms with Crippen LogP contribution in [0.5, 0.6) is 0 Å². The topological polar surface area (TPSA) is 307 Å². The molecule has 0 aromatic carbocycles. The summed E-state index contributed by atoms with van der Waals surface area (Å²) >= 11 is 0. The van der Waals surface area contributed by atoms with Crippen molar-refractivity contribution in [1.29, 1.82) is 0 Å². The maximum Gasteiger partial charge on any atom is 0.220 e. The molecule has 3 saturated heterocycles. The first-order chi connectivity index (χ1) is 53.8. The standard InChI is InChI=1S/C91H177NO18/c1-3-5-7-9-11-13-15-17-19-21-23-25-27-29-31-32-33-34-35-36-37-38-39-40-41-43-45-47-49-51-53-55-57-59-61-63-65-67-69-79(97)92-74(75(96)68-66-64-62-60-58-56-54-52-50-48-46-44-42-30-28-26-24-22-20-18-16-14-12-10-8-6-4-2)73-105-89-85(103)82(100)87(77(71-94)107-89)110-91-86(104)83(101)88(78(72-95)108-91)109-90-84(102)81(99)80(98)76(70-93)106-90/h74-78,80-91,93-96,98-104H,3-73H2,1-2H3,(H,92,97). The van der Waals surface area contributed by atoms with E-state index < -0.39 is 124 Å². The van der Waals surface area contributed by atoms with Crippen molar-refractivity contribution in [2.45, 2.75) is 548 Å². The van der Waals surface area contributed by atoms with Crippen molar-refractivity contribution >= 4 is 5.91 Å². The molecule has 3 fully saturated rings. The van der Waals surface area contributed by atoms with Gasteiger partial charge in [0.05, 0.1) is 38.6 Å². The van der Waals surface area contributed by atoms with E-state index in [4.69, 9.17) is 28.4 Å². The van der Waals surface area contributed by atoms with Gasteiger partial charge in [-0.25, -0.2) is 0 Å². The van der Waals surface area contributed by atoms with E-state index >= 15 is 0 Å². The van der Waals surface area contributed by atoms with Gasteiger partial charge < -0.3 is 89.9 Å². The maximum atomic E-state index is 13.6. The number of hydrogen-bond acceptors (Lipinski definition) is 18. The number of aliphatic hydroxyl groups is 11. The van der Waals surface area contributed by atoms with Crippen LogP contribution in [0.15, 0.2) is 0 Å². The second-order valence-electron chi connectivity index (χ2n) is 34.2. The Bertz CT molecular complexity index is 1980. The van der Waals surface area contributed by atoms with Crippen LogP contribution in [0.4, 0.5) is 0 Å². The molecule has 19 nitrogen and oxygen atoms in total. The fourth-order valence-electron chi connectivity index (χ4n) is 16.7. The van der Waals surface area contributed by atoms with Crippen molar-refractivity contribution < 1.29 is 89.4 Å². The van der Waals surface area contributed by atoms with Gasteiger partial charge in [-0.1, -0.05) is 425 Å². The number of amides is 1. The van der Waals surface area contributed by atoms with Crippen molar-refractivity contribution in [3.05, 3.63) is 0 Å². The Balaban J connectivity index is 1.29. The number of carbonyl (C=O) groups excluding carboxylic acids is 1. The van der Waals surface area contributed by atoms with Gasteiger partial charge in [0.2, 0.25) is 5.91 Å². The number of ether oxygens (including phenoxy) is 6. The van der Waals surface area contributed by atoms with E-state index in [0.717, 1.165) is 44.9 Å². The average molecular weight is 1570 g/mol. The third-order valence-corrected chi connectivity index (χ3v) is 24.2. The van der Waals surface area contributed by atoms with Crippen LogP contribution in [0.2, 0.25) is 0 Å². The normalized spacial score (nSPS) is 25.0. The highest BCUT2D eigenvalue weighted by molar-refractivity contribution is 5.76. The maximum absolute atomic E-state index is 13.6. The van der Waals surface area contributed by atoms with Gasteiger partial charge >= 0.3 is 0 Å². The number of rotatable bonds is 79. The van der Waals surface area contributed by atoms with Crippen molar-refractivity contribution in [1.82, 2.24) is 5.32 Å². The Morgan fingerprint density at radius 1 is 0.291 bits per heavy atom. The summed E-state index contributed by atoms with van der Waals surface area (Å²) in [5.41, 5.74) is 0. The van der Waals surface area contributed by atoms with Gasteiger partial charge in [-0.15, -0.1) is 0 Å². The van der Waals surface area contributed by atoms with Crippen LogP contribution in [0.3, 0.4) is 0 Å². The zero-order valence-electron chi connectivity index (χ0n) is 70.8. The monoisotopic (exact) mass is 1570 g/mol. The van der Waals surface area contributed by atoms with Crippen LogP contribution < -0.4 is 5.32 Å². The molecule has 17 atom stereocenters. The molecule has 12 N–H and O–H groups in total. The second-order valence-corrected chi connectivity index (χ2v) is 34.2. The first kappa shape index (κ1) is 103. The molecule has 19 heteroatoms. The van der Waals surface area contributed by atoms with Crippen molar-refractivity contribution in [3.63, 3.8) is 0 Å². The molecular formula is C91H177NO18. The highest BCUT2D eigenvalue weighted by Gasteiger charge is 2.54. The van der Waals surface area contributed by atoms with Crippen LogP contribution >= 0.6 is 0 Å². The van der Waals surface area contributed by atoms with Crippen LogP contribution in [0.25, 0.3) is 0 Å².